The Morgan fingerprint density at radius 1 is 0.972 bits per heavy atom. The zero-order chi connectivity index (χ0) is 25.9. The van der Waals surface area contributed by atoms with Gasteiger partial charge in [0.05, 0.1) is 11.2 Å². The van der Waals surface area contributed by atoms with Crippen LogP contribution in [-0.4, -0.2) is 32.3 Å². The average Bonchev–Trinajstić information content (AvgIpc) is 3.26. The van der Waals surface area contributed by atoms with Gasteiger partial charge in [-0.1, -0.05) is 54.6 Å². The van der Waals surface area contributed by atoms with Crippen molar-refractivity contribution < 1.29 is 18.4 Å². The van der Waals surface area contributed by atoms with E-state index in [-0.39, 0.29) is 17.8 Å². The number of anilines is 1. The first kappa shape index (κ1) is 25.0. The Morgan fingerprint density at radius 2 is 1.61 bits per heavy atom. The van der Waals surface area contributed by atoms with Crippen molar-refractivity contribution in [3.8, 4) is 0 Å². The SMILES string of the molecule is CCC(C)(C)NC(=O)[C@@H](c1ccccc1F)N(C(=O)Cn1nnc2ccccc21)c1ccccc1F. The molecule has 0 spiro atoms. The van der Waals surface area contributed by atoms with Crippen LogP contribution in [0.3, 0.4) is 0 Å². The van der Waals surface area contributed by atoms with Crippen molar-refractivity contribution in [3.63, 3.8) is 0 Å². The number of benzene rings is 3. The third kappa shape index (κ3) is 5.10. The van der Waals surface area contributed by atoms with Gasteiger partial charge in [-0.05, 0) is 50.6 Å². The second-order valence-corrected chi connectivity index (χ2v) is 9.10. The molecule has 1 atom stereocenters. The number of hydrogen-bond acceptors (Lipinski definition) is 4. The summed E-state index contributed by atoms with van der Waals surface area (Å²) < 4.78 is 31.6. The molecule has 4 rings (SSSR count). The van der Waals surface area contributed by atoms with Gasteiger partial charge in [-0.3, -0.25) is 14.5 Å². The molecule has 186 valence electrons. The van der Waals surface area contributed by atoms with Gasteiger partial charge in [0.1, 0.15) is 29.7 Å². The van der Waals surface area contributed by atoms with Crippen LogP contribution in [0.1, 0.15) is 38.8 Å². The molecule has 0 radical (unpaired) electrons. The molecule has 0 saturated heterocycles. The van der Waals surface area contributed by atoms with Crippen molar-refractivity contribution in [2.45, 2.75) is 45.3 Å². The Morgan fingerprint density at radius 3 is 2.31 bits per heavy atom. The lowest BCUT2D eigenvalue weighted by Crippen LogP contribution is -2.51. The summed E-state index contributed by atoms with van der Waals surface area (Å²) in [4.78, 5) is 28.5. The Labute approximate surface area is 207 Å². The lowest BCUT2D eigenvalue weighted by atomic mass is 9.98. The van der Waals surface area contributed by atoms with E-state index in [1.807, 2.05) is 20.8 Å². The lowest BCUT2D eigenvalue weighted by molar-refractivity contribution is -0.128. The molecule has 36 heavy (non-hydrogen) atoms. The van der Waals surface area contributed by atoms with E-state index >= 15 is 8.78 Å². The first-order valence-corrected chi connectivity index (χ1v) is 11.6. The predicted octanol–water partition coefficient (Wildman–Crippen LogP) is 4.79. The highest BCUT2D eigenvalue weighted by molar-refractivity contribution is 6.01. The van der Waals surface area contributed by atoms with Crippen LogP contribution in [0.15, 0.2) is 72.8 Å². The third-order valence-corrected chi connectivity index (χ3v) is 6.14. The number of hydrogen-bond donors (Lipinski definition) is 1. The molecule has 0 fully saturated rings. The summed E-state index contributed by atoms with van der Waals surface area (Å²) in [6, 6.07) is 16.9. The molecule has 7 nitrogen and oxygen atoms in total. The van der Waals surface area contributed by atoms with Crippen LogP contribution in [0.2, 0.25) is 0 Å². The van der Waals surface area contributed by atoms with E-state index in [4.69, 9.17) is 0 Å². The van der Waals surface area contributed by atoms with E-state index in [9.17, 15) is 9.59 Å². The van der Waals surface area contributed by atoms with Gasteiger partial charge in [-0.25, -0.2) is 13.5 Å². The molecular weight excluding hydrogens is 464 g/mol. The summed E-state index contributed by atoms with van der Waals surface area (Å²) in [5.74, 6) is -2.70. The first-order valence-electron chi connectivity index (χ1n) is 11.6. The number of halogens is 2. The third-order valence-electron chi connectivity index (χ3n) is 6.14. The molecule has 0 unspecified atom stereocenters. The molecule has 2 amide bonds. The average molecular weight is 492 g/mol. The van der Waals surface area contributed by atoms with E-state index < -0.39 is 35.0 Å². The highest BCUT2D eigenvalue weighted by atomic mass is 19.1. The maximum atomic E-state index is 15.1. The summed E-state index contributed by atoms with van der Waals surface area (Å²) >= 11 is 0. The molecule has 0 aliphatic rings. The largest absolute Gasteiger partial charge is 0.349 e. The minimum absolute atomic E-state index is 0.0537. The molecular formula is C27H27F2N5O2. The first-order chi connectivity index (χ1) is 17.2. The number of carbonyl (C=O) groups excluding carboxylic acids is 2. The molecule has 0 bridgehead atoms. The lowest BCUT2D eigenvalue weighted by Gasteiger charge is -2.34. The van der Waals surface area contributed by atoms with Crippen molar-refractivity contribution in [2.75, 3.05) is 4.90 Å². The minimum atomic E-state index is -1.48. The quantitative estimate of drug-likeness (QED) is 0.384. The second-order valence-electron chi connectivity index (χ2n) is 9.10. The molecule has 0 saturated carbocycles. The molecule has 0 aliphatic heterocycles. The van der Waals surface area contributed by atoms with Crippen molar-refractivity contribution in [3.05, 3.63) is 90.0 Å². The zero-order valence-corrected chi connectivity index (χ0v) is 20.3. The van der Waals surface area contributed by atoms with Gasteiger partial charge in [0.2, 0.25) is 11.8 Å². The van der Waals surface area contributed by atoms with E-state index in [1.54, 1.807) is 36.4 Å². The maximum absolute atomic E-state index is 15.1. The van der Waals surface area contributed by atoms with Crippen LogP contribution in [0.5, 0.6) is 0 Å². The smallest absolute Gasteiger partial charge is 0.249 e. The summed E-state index contributed by atoms with van der Waals surface area (Å²) in [5.41, 5.74) is 0.327. The fourth-order valence-corrected chi connectivity index (χ4v) is 3.89. The predicted molar refractivity (Wildman–Crippen MR) is 133 cm³/mol. The van der Waals surface area contributed by atoms with Gasteiger partial charge in [0.25, 0.3) is 0 Å². The number of aromatic nitrogens is 3. The van der Waals surface area contributed by atoms with Gasteiger partial charge < -0.3 is 5.32 Å². The van der Waals surface area contributed by atoms with Crippen LogP contribution in [0.25, 0.3) is 11.0 Å². The molecule has 1 N–H and O–H groups in total. The van der Waals surface area contributed by atoms with Gasteiger partial charge in [0.15, 0.2) is 0 Å². The van der Waals surface area contributed by atoms with E-state index in [0.29, 0.717) is 17.5 Å². The van der Waals surface area contributed by atoms with Gasteiger partial charge in [-0.2, -0.15) is 0 Å². The molecule has 4 aromatic rings. The van der Waals surface area contributed by atoms with Crippen LogP contribution in [0.4, 0.5) is 14.5 Å². The Kier molecular flexibility index (Phi) is 7.10. The van der Waals surface area contributed by atoms with Gasteiger partial charge in [0, 0.05) is 11.1 Å². The monoisotopic (exact) mass is 491 g/mol. The topological polar surface area (TPSA) is 80.1 Å². The number of amides is 2. The molecule has 0 aliphatic carbocycles. The van der Waals surface area contributed by atoms with Gasteiger partial charge in [-0.15, -0.1) is 5.10 Å². The number of fused-ring (bicyclic) bond motifs is 1. The van der Waals surface area contributed by atoms with Crippen LogP contribution >= 0.6 is 0 Å². The highest BCUT2D eigenvalue weighted by Gasteiger charge is 2.37. The fourth-order valence-electron chi connectivity index (χ4n) is 3.89. The standard InChI is InChI=1S/C27H27F2N5O2/c1-4-27(2,3)30-26(36)25(18-11-5-6-12-19(18)28)34(22-15-9-7-13-20(22)29)24(35)17-33-23-16-10-8-14-21(23)31-32-33/h5-16,25H,4,17H2,1-3H3,(H,30,36)/t25-/m1/s1. The van der Waals surface area contributed by atoms with Crippen LogP contribution < -0.4 is 10.2 Å². The Balaban J connectivity index is 1.85. The van der Waals surface area contributed by atoms with Crippen LogP contribution in [0, 0.1) is 11.6 Å². The zero-order valence-electron chi connectivity index (χ0n) is 20.3. The number of carbonyl (C=O) groups is 2. The molecule has 9 heteroatoms. The van der Waals surface area contributed by atoms with E-state index in [0.717, 1.165) is 4.90 Å². The summed E-state index contributed by atoms with van der Waals surface area (Å²) in [5, 5.41) is 11.0. The normalized spacial score (nSPS) is 12.4. The number of nitrogens with zero attached hydrogens (tertiary/aromatic N) is 4. The van der Waals surface area contributed by atoms with Crippen LogP contribution in [-0.2, 0) is 16.1 Å². The van der Waals surface area contributed by atoms with Crippen molar-refractivity contribution in [1.29, 1.82) is 0 Å². The number of para-hydroxylation sites is 2. The summed E-state index contributed by atoms with van der Waals surface area (Å²) in [7, 11) is 0. The molecule has 1 aromatic heterocycles. The fraction of sp³-hybridized carbons (Fsp3) is 0.259. The van der Waals surface area contributed by atoms with Crippen molar-refractivity contribution in [2.24, 2.45) is 0 Å². The maximum Gasteiger partial charge on any atom is 0.249 e. The van der Waals surface area contributed by atoms with Gasteiger partial charge >= 0.3 is 0 Å². The second kappa shape index (κ2) is 10.2. The molecule has 1 heterocycles. The van der Waals surface area contributed by atoms with E-state index in [1.165, 1.54) is 41.1 Å². The van der Waals surface area contributed by atoms with Crippen molar-refractivity contribution >= 4 is 28.5 Å². The van der Waals surface area contributed by atoms with E-state index in [2.05, 4.69) is 15.6 Å². The summed E-state index contributed by atoms with van der Waals surface area (Å²) in [6.07, 6.45) is 0.585. The highest BCUT2D eigenvalue weighted by Crippen LogP contribution is 2.32. The van der Waals surface area contributed by atoms with Crippen molar-refractivity contribution in [1.82, 2.24) is 20.3 Å². The minimum Gasteiger partial charge on any atom is -0.349 e. The molecule has 3 aromatic carbocycles. The Bertz CT molecular complexity index is 1400. The Hall–Kier alpha value is -4.14. The number of nitrogens with one attached hydrogen (secondary N) is 1. The summed E-state index contributed by atoms with van der Waals surface area (Å²) in [6.45, 7) is 5.19. The number of rotatable bonds is 8.